The number of halogens is 1. The van der Waals surface area contributed by atoms with E-state index in [9.17, 15) is 9.59 Å². The molecule has 1 saturated carbocycles. The van der Waals surface area contributed by atoms with Gasteiger partial charge in [0, 0.05) is 48.4 Å². The van der Waals surface area contributed by atoms with Crippen LogP contribution in [0.4, 0.5) is 11.5 Å². The van der Waals surface area contributed by atoms with Crippen LogP contribution in [0, 0.1) is 0 Å². The number of allylic oxidation sites excluding steroid dienone is 1. The van der Waals surface area contributed by atoms with Gasteiger partial charge in [0.15, 0.2) is 5.11 Å². The summed E-state index contributed by atoms with van der Waals surface area (Å²) in [4.78, 5) is 35.5. The van der Waals surface area contributed by atoms with Crippen molar-refractivity contribution in [2.75, 3.05) is 18.1 Å². The average Bonchev–Trinajstić information content (AvgIpc) is 3.03. The van der Waals surface area contributed by atoms with E-state index in [4.69, 9.17) is 29.6 Å². The quantitative estimate of drug-likeness (QED) is 0.279. The van der Waals surface area contributed by atoms with Crippen LogP contribution < -0.4 is 16.4 Å². The van der Waals surface area contributed by atoms with Crippen LogP contribution >= 0.6 is 23.8 Å². The molecule has 2 amide bonds. The second kappa shape index (κ2) is 8.90. The van der Waals surface area contributed by atoms with Crippen molar-refractivity contribution in [3.63, 3.8) is 0 Å². The Morgan fingerprint density at radius 2 is 2.06 bits per heavy atom. The van der Waals surface area contributed by atoms with Crippen molar-refractivity contribution in [3.05, 3.63) is 59.5 Å². The van der Waals surface area contributed by atoms with Gasteiger partial charge in [-0.1, -0.05) is 17.2 Å². The summed E-state index contributed by atoms with van der Waals surface area (Å²) in [6, 6.07) is 7.28. The molecule has 1 aliphatic heterocycles. The van der Waals surface area contributed by atoms with Crippen molar-refractivity contribution in [1.29, 1.82) is 0 Å². The highest BCUT2D eigenvalue weighted by Crippen LogP contribution is 2.38. The number of nitrogen functional groups attached to an aromatic ring is 1. The van der Waals surface area contributed by atoms with E-state index in [2.05, 4.69) is 20.6 Å². The Labute approximate surface area is 212 Å². The predicted molar refractivity (Wildman–Crippen MR) is 141 cm³/mol. The monoisotopic (exact) mass is 506 g/mol. The lowest BCUT2D eigenvalue weighted by Crippen LogP contribution is -2.49. The summed E-state index contributed by atoms with van der Waals surface area (Å²) in [5, 5.41) is 8.21. The molecule has 0 bridgehead atoms. The van der Waals surface area contributed by atoms with E-state index in [1.807, 2.05) is 24.1 Å². The van der Waals surface area contributed by atoms with E-state index in [0.717, 1.165) is 27.5 Å². The van der Waals surface area contributed by atoms with Gasteiger partial charge in [-0.3, -0.25) is 14.6 Å². The summed E-state index contributed by atoms with van der Waals surface area (Å²) in [5.41, 5.74) is 8.79. The van der Waals surface area contributed by atoms with Gasteiger partial charge in [0.25, 0.3) is 5.91 Å². The summed E-state index contributed by atoms with van der Waals surface area (Å²) >= 11 is 11.5. The standard InChI is InChI=1S/C25H23ClN6O2S/c1-32-24(35)31-23(34)25(32)5-2-14(3-6-25)8-22(33)30-21-11-16-9-15(10-20(27)18(16)13-29-21)17-12-28-7-4-19(17)26/h4,7-13H,2-3,5-6,27H2,1H3,(H,29,30,33)(H,31,34,35). The minimum atomic E-state index is -0.611. The summed E-state index contributed by atoms with van der Waals surface area (Å²) in [6.07, 6.45) is 9.07. The number of rotatable bonds is 3. The number of nitrogens with one attached hydrogen (secondary N) is 2. The van der Waals surface area contributed by atoms with Crippen LogP contribution in [0.25, 0.3) is 21.9 Å². The maximum Gasteiger partial charge on any atom is 0.252 e. The smallest absolute Gasteiger partial charge is 0.252 e. The molecule has 35 heavy (non-hydrogen) atoms. The third-order valence-electron chi connectivity index (χ3n) is 6.84. The number of hydrogen-bond acceptors (Lipinski definition) is 6. The number of thiocarbonyl (C=S) groups is 1. The number of likely N-dealkylation sites (N-methyl/N-ethyl adjacent to an activating group) is 1. The average molecular weight is 507 g/mol. The fourth-order valence-corrected chi connectivity index (χ4v) is 5.26. The molecule has 8 nitrogen and oxygen atoms in total. The Kier molecular flexibility index (Phi) is 5.90. The second-order valence-corrected chi connectivity index (χ2v) is 9.65. The van der Waals surface area contributed by atoms with Crippen molar-refractivity contribution in [2.45, 2.75) is 31.2 Å². The molecular weight excluding hydrogens is 484 g/mol. The van der Waals surface area contributed by atoms with Crippen LogP contribution in [0.3, 0.4) is 0 Å². The number of anilines is 2. The fourth-order valence-electron chi connectivity index (χ4n) is 4.78. The third kappa shape index (κ3) is 4.21. The van der Waals surface area contributed by atoms with E-state index < -0.39 is 5.54 Å². The van der Waals surface area contributed by atoms with Crippen molar-refractivity contribution >= 4 is 63.0 Å². The highest BCUT2D eigenvalue weighted by Gasteiger charge is 2.50. The summed E-state index contributed by atoms with van der Waals surface area (Å²) in [7, 11) is 1.84. The number of fused-ring (bicyclic) bond motifs is 1. The van der Waals surface area contributed by atoms with Gasteiger partial charge < -0.3 is 21.3 Å². The fraction of sp³-hybridized carbons (Fsp3) is 0.240. The highest BCUT2D eigenvalue weighted by atomic mass is 35.5. The summed E-state index contributed by atoms with van der Waals surface area (Å²) in [6.45, 7) is 0. The van der Waals surface area contributed by atoms with Crippen LogP contribution in [0.1, 0.15) is 25.7 Å². The molecular formula is C25H23ClN6O2S. The Bertz CT molecular complexity index is 1410. The number of nitrogens with two attached hydrogens (primary N) is 1. The summed E-state index contributed by atoms with van der Waals surface area (Å²) in [5.74, 6) is 0.0998. The van der Waals surface area contributed by atoms with E-state index in [1.165, 1.54) is 0 Å². The molecule has 1 saturated heterocycles. The molecule has 0 radical (unpaired) electrons. The maximum atomic E-state index is 12.7. The first-order chi connectivity index (χ1) is 16.8. The van der Waals surface area contributed by atoms with Gasteiger partial charge in [-0.15, -0.1) is 0 Å². The molecule has 178 valence electrons. The van der Waals surface area contributed by atoms with Gasteiger partial charge >= 0.3 is 0 Å². The van der Waals surface area contributed by atoms with Crippen molar-refractivity contribution in [2.24, 2.45) is 0 Å². The molecule has 1 aliphatic carbocycles. The van der Waals surface area contributed by atoms with Crippen molar-refractivity contribution in [1.82, 2.24) is 20.2 Å². The maximum absolute atomic E-state index is 12.7. The lowest BCUT2D eigenvalue weighted by atomic mass is 9.78. The zero-order valence-corrected chi connectivity index (χ0v) is 20.5. The molecule has 2 aliphatic rings. The second-order valence-electron chi connectivity index (χ2n) is 8.85. The van der Waals surface area contributed by atoms with Gasteiger partial charge in [0.1, 0.15) is 11.4 Å². The molecule has 2 aromatic heterocycles. The molecule has 3 heterocycles. The Balaban J connectivity index is 1.33. The third-order valence-corrected chi connectivity index (χ3v) is 7.55. The molecule has 3 aromatic rings. The zero-order valence-electron chi connectivity index (χ0n) is 19.0. The molecule has 10 heteroatoms. The van der Waals surface area contributed by atoms with Gasteiger partial charge in [0.05, 0.1) is 5.02 Å². The first-order valence-corrected chi connectivity index (χ1v) is 11.9. The molecule has 0 unspecified atom stereocenters. The summed E-state index contributed by atoms with van der Waals surface area (Å²) < 4.78 is 0. The number of aromatic nitrogens is 2. The normalized spacial score (nSPS) is 19.8. The molecule has 0 atom stereocenters. The Hall–Kier alpha value is -3.56. The molecule has 5 rings (SSSR count). The van der Waals surface area contributed by atoms with Crippen LogP contribution in [-0.2, 0) is 9.59 Å². The van der Waals surface area contributed by atoms with Gasteiger partial charge in [-0.25, -0.2) is 4.98 Å². The SMILES string of the molecule is CN1C(=S)NC(=O)C12CCC(=CC(=O)Nc1cc3cc(-c4cnccc4Cl)cc(N)c3cn1)CC2. The number of benzene rings is 1. The number of carbonyl (C=O) groups is 2. The number of hydrogen-bond donors (Lipinski definition) is 3. The topological polar surface area (TPSA) is 113 Å². The van der Waals surface area contributed by atoms with E-state index in [-0.39, 0.29) is 11.8 Å². The van der Waals surface area contributed by atoms with Gasteiger partial charge in [0.2, 0.25) is 5.91 Å². The minimum Gasteiger partial charge on any atom is -0.398 e. The number of amides is 2. The molecule has 4 N–H and O–H groups in total. The van der Waals surface area contributed by atoms with Gasteiger partial charge in [-0.05, 0) is 73.1 Å². The highest BCUT2D eigenvalue weighted by molar-refractivity contribution is 7.80. The van der Waals surface area contributed by atoms with Crippen LogP contribution in [0.15, 0.2) is 54.5 Å². The zero-order chi connectivity index (χ0) is 24.7. The lowest BCUT2D eigenvalue weighted by molar-refractivity contribution is -0.127. The largest absolute Gasteiger partial charge is 0.398 e. The van der Waals surface area contributed by atoms with Crippen molar-refractivity contribution in [3.8, 4) is 11.1 Å². The van der Waals surface area contributed by atoms with E-state index in [1.54, 1.807) is 36.8 Å². The molecule has 1 aromatic carbocycles. The Morgan fingerprint density at radius 3 is 2.74 bits per heavy atom. The number of carbonyl (C=O) groups excluding carboxylic acids is 2. The molecule has 2 fully saturated rings. The van der Waals surface area contributed by atoms with E-state index >= 15 is 0 Å². The Morgan fingerprint density at radius 1 is 1.29 bits per heavy atom. The first kappa shape index (κ1) is 23.2. The van der Waals surface area contributed by atoms with Crippen LogP contribution in [-0.4, -0.2) is 44.4 Å². The number of nitrogens with zero attached hydrogens (tertiary/aromatic N) is 3. The van der Waals surface area contributed by atoms with Gasteiger partial charge in [-0.2, -0.15) is 0 Å². The van der Waals surface area contributed by atoms with Crippen molar-refractivity contribution < 1.29 is 9.59 Å². The predicted octanol–water partition coefficient (Wildman–Crippen LogP) is 4.06. The van der Waals surface area contributed by atoms with Crippen LogP contribution in [0.2, 0.25) is 5.02 Å². The minimum absolute atomic E-state index is 0.0555. The molecule has 1 spiro atoms. The lowest BCUT2D eigenvalue weighted by Gasteiger charge is -2.37. The first-order valence-electron chi connectivity index (χ1n) is 11.2. The number of pyridine rings is 2. The van der Waals surface area contributed by atoms with Crippen LogP contribution in [0.5, 0.6) is 0 Å². The van der Waals surface area contributed by atoms with E-state index in [0.29, 0.717) is 47.3 Å².